The van der Waals surface area contributed by atoms with Crippen LogP contribution >= 0.6 is 11.5 Å². The highest BCUT2D eigenvalue weighted by atomic mass is 32.1. The first-order valence-corrected chi connectivity index (χ1v) is 7.58. The number of hydrogen-bond acceptors (Lipinski definition) is 6. The molecule has 1 heterocycles. The lowest BCUT2D eigenvalue weighted by Gasteiger charge is -2.19. The molecule has 2 rings (SSSR count). The molecule has 0 aliphatic rings. The van der Waals surface area contributed by atoms with Gasteiger partial charge in [-0.1, -0.05) is 36.0 Å². The maximum absolute atomic E-state index is 5.77. The van der Waals surface area contributed by atoms with Crippen molar-refractivity contribution in [2.24, 2.45) is 5.84 Å². The van der Waals surface area contributed by atoms with E-state index >= 15 is 0 Å². The van der Waals surface area contributed by atoms with Crippen molar-refractivity contribution >= 4 is 11.5 Å². The number of hydrogen-bond donors (Lipinski definition) is 2. The molecule has 6 heteroatoms. The van der Waals surface area contributed by atoms with Gasteiger partial charge in [0.2, 0.25) is 0 Å². The van der Waals surface area contributed by atoms with Gasteiger partial charge in [-0.25, -0.2) is 5.43 Å². The molecular formula is C14H20N4OS. The molecule has 0 bridgehead atoms. The summed E-state index contributed by atoms with van der Waals surface area (Å²) in [6.45, 7) is 4.72. The van der Waals surface area contributed by atoms with Crippen LogP contribution in [0.1, 0.15) is 42.4 Å². The fourth-order valence-corrected chi connectivity index (χ4v) is 2.93. The topological polar surface area (TPSA) is 73.1 Å². The molecule has 0 aliphatic carbocycles. The zero-order valence-corrected chi connectivity index (χ0v) is 12.6. The first kappa shape index (κ1) is 14.9. The molecule has 0 spiro atoms. The maximum Gasteiger partial charge on any atom is 0.124 e. The molecule has 0 aliphatic heterocycles. The molecule has 1 aromatic heterocycles. The van der Waals surface area contributed by atoms with E-state index in [1.165, 1.54) is 11.5 Å². The van der Waals surface area contributed by atoms with E-state index in [0.29, 0.717) is 6.61 Å². The number of nitrogens with zero attached hydrogens (tertiary/aromatic N) is 2. The van der Waals surface area contributed by atoms with Crippen LogP contribution in [-0.4, -0.2) is 16.2 Å². The minimum atomic E-state index is -0.140. The Morgan fingerprint density at radius 1 is 1.35 bits per heavy atom. The number of benzene rings is 1. The molecule has 1 aromatic carbocycles. The normalized spacial score (nSPS) is 12.3. The Morgan fingerprint density at radius 3 is 2.85 bits per heavy atom. The van der Waals surface area contributed by atoms with Gasteiger partial charge in [0, 0.05) is 5.56 Å². The van der Waals surface area contributed by atoms with Gasteiger partial charge in [-0.2, -0.15) is 0 Å². The van der Waals surface area contributed by atoms with E-state index in [2.05, 4.69) is 21.9 Å². The van der Waals surface area contributed by atoms with Crippen molar-refractivity contribution in [2.45, 2.75) is 32.7 Å². The summed E-state index contributed by atoms with van der Waals surface area (Å²) in [6, 6.07) is 7.78. The van der Waals surface area contributed by atoms with Crippen molar-refractivity contribution < 1.29 is 4.74 Å². The Balaban J connectivity index is 2.39. The number of rotatable bonds is 7. The Labute approximate surface area is 123 Å². The first-order valence-electron chi connectivity index (χ1n) is 6.80. The van der Waals surface area contributed by atoms with Crippen molar-refractivity contribution in [2.75, 3.05) is 6.61 Å². The van der Waals surface area contributed by atoms with Gasteiger partial charge in [0.1, 0.15) is 5.75 Å². The van der Waals surface area contributed by atoms with Gasteiger partial charge in [0.15, 0.2) is 0 Å². The molecule has 0 saturated carbocycles. The highest BCUT2D eigenvalue weighted by Crippen LogP contribution is 2.32. The van der Waals surface area contributed by atoms with E-state index in [1.54, 1.807) is 0 Å². The Kier molecular flexibility index (Phi) is 5.46. The van der Waals surface area contributed by atoms with Gasteiger partial charge in [-0.05, 0) is 30.9 Å². The molecule has 2 aromatic rings. The van der Waals surface area contributed by atoms with E-state index in [0.717, 1.165) is 34.7 Å². The highest BCUT2D eigenvalue weighted by molar-refractivity contribution is 7.05. The summed E-state index contributed by atoms with van der Waals surface area (Å²) < 4.78 is 9.75. The molecule has 5 nitrogen and oxygen atoms in total. The average molecular weight is 292 g/mol. The lowest BCUT2D eigenvalue weighted by Crippen LogP contribution is -2.29. The van der Waals surface area contributed by atoms with Crippen molar-refractivity contribution in [3.63, 3.8) is 0 Å². The summed E-state index contributed by atoms with van der Waals surface area (Å²) in [5, 5.41) is 4.21. The number of aromatic nitrogens is 2. The summed E-state index contributed by atoms with van der Waals surface area (Å²) >= 11 is 1.38. The van der Waals surface area contributed by atoms with Crippen LogP contribution in [0.5, 0.6) is 5.75 Å². The third-order valence-corrected chi connectivity index (χ3v) is 3.86. The standard InChI is InChI=1S/C14H20N4OS/c1-3-7-11-14(20-18-17-11)13(16-15)10-8-5-6-9-12(10)19-4-2/h5-6,8-9,13,16H,3-4,7,15H2,1-2H3. The predicted molar refractivity (Wildman–Crippen MR) is 80.7 cm³/mol. The number of hydrazine groups is 1. The van der Waals surface area contributed by atoms with Gasteiger partial charge >= 0.3 is 0 Å². The van der Waals surface area contributed by atoms with Crippen LogP contribution in [-0.2, 0) is 6.42 Å². The lowest BCUT2D eigenvalue weighted by molar-refractivity contribution is 0.333. The van der Waals surface area contributed by atoms with Crippen molar-refractivity contribution in [1.29, 1.82) is 0 Å². The van der Waals surface area contributed by atoms with Crippen LogP contribution in [0.3, 0.4) is 0 Å². The monoisotopic (exact) mass is 292 g/mol. The molecule has 1 unspecified atom stereocenters. The molecular weight excluding hydrogens is 272 g/mol. The predicted octanol–water partition coefficient (Wildman–Crippen LogP) is 2.44. The summed E-state index contributed by atoms with van der Waals surface area (Å²) in [6.07, 6.45) is 1.93. The third kappa shape index (κ3) is 3.15. The molecule has 0 fully saturated rings. The van der Waals surface area contributed by atoms with Gasteiger partial charge in [-0.3, -0.25) is 5.84 Å². The number of nitrogens with one attached hydrogen (secondary N) is 1. The van der Waals surface area contributed by atoms with Crippen LogP contribution in [0.2, 0.25) is 0 Å². The van der Waals surface area contributed by atoms with Crippen LogP contribution < -0.4 is 16.0 Å². The van der Waals surface area contributed by atoms with Crippen LogP contribution in [0, 0.1) is 0 Å². The number of para-hydroxylation sites is 1. The zero-order chi connectivity index (χ0) is 14.4. The van der Waals surface area contributed by atoms with Crippen molar-refractivity contribution in [3.8, 4) is 5.75 Å². The number of aryl methyl sites for hydroxylation is 1. The fraction of sp³-hybridized carbons (Fsp3) is 0.429. The number of ether oxygens (including phenoxy) is 1. The molecule has 0 amide bonds. The molecule has 1 atom stereocenters. The molecule has 0 saturated heterocycles. The summed E-state index contributed by atoms with van der Waals surface area (Å²) in [5.74, 6) is 6.61. The minimum Gasteiger partial charge on any atom is -0.494 e. The Morgan fingerprint density at radius 2 is 2.15 bits per heavy atom. The van der Waals surface area contributed by atoms with Crippen LogP contribution in [0.15, 0.2) is 24.3 Å². The SMILES string of the molecule is CCCc1nnsc1C(NN)c1ccccc1OCC. The second-order valence-electron chi connectivity index (χ2n) is 4.40. The van der Waals surface area contributed by atoms with Gasteiger partial charge in [-0.15, -0.1) is 5.10 Å². The molecule has 0 radical (unpaired) electrons. The van der Waals surface area contributed by atoms with Gasteiger partial charge in [0.05, 0.1) is 23.2 Å². The summed E-state index contributed by atoms with van der Waals surface area (Å²) in [7, 11) is 0. The van der Waals surface area contributed by atoms with Gasteiger partial charge in [0.25, 0.3) is 0 Å². The number of nitrogens with two attached hydrogens (primary N) is 1. The van der Waals surface area contributed by atoms with E-state index in [1.807, 2.05) is 31.2 Å². The highest BCUT2D eigenvalue weighted by Gasteiger charge is 2.22. The van der Waals surface area contributed by atoms with E-state index in [9.17, 15) is 0 Å². The minimum absolute atomic E-state index is 0.140. The molecule has 3 N–H and O–H groups in total. The van der Waals surface area contributed by atoms with Crippen molar-refractivity contribution in [3.05, 3.63) is 40.4 Å². The first-order chi connectivity index (χ1) is 9.81. The smallest absolute Gasteiger partial charge is 0.124 e. The largest absolute Gasteiger partial charge is 0.494 e. The fourth-order valence-electron chi connectivity index (χ4n) is 2.16. The lowest BCUT2D eigenvalue weighted by atomic mass is 10.0. The summed E-state index contributed by atoms with van der Waals surface area (Å²) in [4.78, 5) is 1.06. The Hall–Kier alpha value is -1.50. The van der Waals surface area contributed by atoms with Crippen LogP contribution in [0.4, 0.5) is 0 Å². The van der Waals surface area contributed by atoms with E-state index in [4.69, 9.17) is 10.6 Å². The van der Waals surface area contributed by atoms with Crippen LogP contribution in [0.25, 0.3) is 0 Å². The Bertz CT molecular complexity index is 543. The second-order valence-corrected chi connectivity index (χ2v) is 5.19. The quantitative estimate of drug-likeness (QED) is 0.606. The second kappa shape index (κ2) is 7.33. The molecule has 108 valence electrons. The third-order valence-electron chi connectivity index (χ3n) is 3.03. The van der Waals surface area contributed by atoms with Gasteiger partial charge < -0.3 is 4.74 Å². The maximum atomic E-state index is 5.77. The van der Waals surface area contributed by atoms with E-state index < -0.39 is 0 Å². The zero-order valence-electron chi connectivity index (χ0n) is 11.8. The van der Waals surface area contributed by atoms with E-state index in [-0.39, 0.29) is 6.04 Å². The van der Waals surface area contributed by atoms with Crippen molar-refractivity contribution in [1.82, 2.24) is 15.0 Å². The average Bonchev–Trinajstić information content (AvgIpc) is 2.91. The molecule has 20 heavy (non-hydrogen) atoms. The summed E-state index contributed by atoms with van der Waals surface area (Å²) in [5.41, 5.74) is 4.89.